The SMILES string of the molecule is Cc1nc(N)sc1C(=O)N1CCOc2ccccc2C1. The van der Waals surface area contributed by atoms with Gasteiger partial charge in [0.25, 0.3) is 5.91 Å². The van der Waals surface area contributed by atoms with Crippen molar-refractivity contribution in [3.63, 3.8) is 0 Å². The second-order valence-electron chi connectivity index (χ2n) is 4.65. The van der Waals surface area contributed by atoms with Crippen molar-refractivity contribution >= 4 is 22.4 Å². The minimum atomic E-state index is -0.0306. The normalized spacial score (nSPS) is 14.3. The molecule has 1 aliphatic heterocycles. The van der Waals surface area contributed by atoms with Crippen LogP contribution >= 0.6 is 11.3 Å². The van der Waals surface area contributed by atoms with Crippen LogP contribution in [0, 0.1) is 6.92 Å². The van der Waals surface area contributed by atoms with E-state index in [1.54, 1.807) is 4.90 Å². The molecule has 6 heteroatoms. The number of thiazole rings is 1. The first-order chi connectivity index (χ1) is 9.65. The van der Waals surface area contributed by atoms with Crippen LogP contribution in [0.25, 0.3) is 0 Å². The van der Waals surface area contributed by atoms with Gasteiger partial charge in [-0.1, -0.05) is 29.5 Å². The zero-order valence-corrected chi connectivity index (χ0v) is 11.9. The fraction of sp³-hybridized carbons (Fsp3) is 0.286. The molecular formula is C14H15N3O2S. The fourth-order valence-corrected chi connectivity index (χ4v) is 3.06. The van der Waals surface area contributed by atoms with E-state index in [-0.39, 0.29) is 5.91 Å². The number of para-hydroxylation sites is 1. The number of hydrogen-bond acceptors (Lipinski definition) is 5. The summed E-state index contributed by atoms with van der Waals surface area (Å²) in [5, 5.41) is 0.428. The molecule has 104 valence electrons. The van der Waals surface area contributed by atoms with Crippen LogP contribution in [0.15, 0.2) is 24.3 Å². The number of anilines is 1. The monoisotopic (exact) mass is 289 g/mol. The Balaban J connectivity index is 1.88. The van der Waals surface area contributed by atoms with E-state index in [1.165, 1.54) is 11.3 Å². The van der Waals surface area contributed by atoms with Crippen LogP contribution in [-0.4, -0.2) is 28.9 Å². The van der Waals surface area contributed by atoms with Gasteiger partial charge in [0.1, 0.15) is 17.2 Å². The fourth-order valence-electron chi connectivity index (χ4n) is 2.26. The van der Waals surface area contributed by atoms with Crippen molar-refractivity contribution in [1.29, 1.82) is 0 Å². The van der Waals surface area contributed by atoms with Crippen molar-refractivity contribution in [2.24, 2.45) is 0 Å². The predicted molar refractivity (Wildman–Crippen MR) is 77.9 cm³/mol. The molecule has 2 aromatic rings. The average molecular weight is 289 g/mol. The number of ether oxygens (including phenoxy) is 1. The van der Waals surface area contributed by atoms with E-state index in [0.717, 1.165) is 11.3 Å². The summed E-state index contributed by atoms with van der Waals surface area (Å²) in [6.45, 7) is 3.41. The van der Waals surface area contributed by atoms with Gasteiger partial charge in [-0.05, 0) is 13.0 Å². The van der Waals surface area contributed by atoms with Gasteiger partial charge in [-0.3, -0.25) is 4.79 Å². The predicted octanol–water partition coefficient (Wildman–Crippen LogP) is 2.07. The first-order valence-corrected chi connectivity index (χ1v) is 7.19. The van der Waals surface area contributed by atoms with E-state index in [1.807, 2.05) is 31.2 Å². The highest BCUT2D eigenvalue weighted by atomic mass is 32.1. The Labute approximate surface area is 121 Å². The van der Waals surface area contributed by atoms with Gasteiger partial charge in [0.05, 0.1) is 12.2 Å². The molecule has 1 aliphatic rings. The van der Waals surface area contributed by atoms with Crippen molar-refractivity contribution in [3.05, 3.63) is 40.4 Å². The molecule has 3 rings (SSSR count). The second kappa shape index (κ2) is 5.13. The molecule has 0 atom stereocenters. The van der Waals surface area contributed by atoms with Gasteiger partial charge in [0, 0.05) is 12.1 Å². The molecule has 2 heterocycles. The Morgan fingerprint density at radius 2 is 2.25 bits per heavy atom. The topological polar surface area (TPSA) is 68.5 Å². The molecular weight excluding hydrogens is 274 g/mol. The van der Waals surface area contributed by atoms with Crippen molar-refractivity contribution < 1.29 is 9.53 Å². The number of nitrogens with two attached hydrogens (primary N) is 1. The highest BCUT2D eigenvalue weighted by molar-refractivity contribution is 7.17. The third-order valence-corrected chi connectivity index (χ3v) is 4.22. The molecule has 0 saturated heterocycles. The van der Waals surface area contributed by atoms with E-state index in [0.29, 0.717) is 35.4 Å². The summed E-state index contributed by atoms with van der Waals surface area (Å²) in [6.07, 6.45) is 0. The van der Waals surface area contributed by atoms with E-state index in [4.69, 9.17) is 10.5 Å². The number of aromatic nitrogens is 1. The molecule has 0 spiro atoms. The number of hydrogen-bond donors (Lipinski definition) is 1. The van der Waals surface area contributed by atoms with E-state index in [9.17, 15) is 4.79 Å². The second-order valence-corrected chi connectivity index (χ2v) is 5.68. The minimum absolute atomic E-state index is 0.0306. The Morgan fingerprint density at radius 3 is 3.00 bits per heavy atom. The van der Waals surface area contributed by atoms with Crippen molar-refractivity contribution in [3.8, 4) is 5.75 Å². The summed E-state index contributed by atoms with van der Waals surface area (Å²) in [6, 6.07) is 7.80. The van der Waals surface area contributed by atoms with Gasteiger partial charge in [-0.15, -0.1) is 0 Å². The van der Waals surface area contributed by atoms with Crippen LogP contribution in [0.1, 0.15) is 20.9 Å². The molecule has 0 aliphatic carbocycles. The number of nitrogen functional groups attached to an aromatic ring is 1. The molecule has 0 saturated carbocycles. The maximum atomic E-state index is 12.6. The number of benzene rings is 1. The lowest BCUT2D eigenvalue weighted by Crippen LogP contribution is -2.32. The number of rotatable bonds is 1. The Kier molecular flexibility index (Phi) is 3.31. The van der Waals surface area contributed by atoms with E-state index >= 15 is 0 Å². The van der Waals surface area contributed by atoms with Gasteiger partial charge in [-0.2, -0.15) is 0 Å². The first-order valence-electron chi connectivity index (χ1n) is 6.38. The Bertz CT molecular complexity index is 654. The van der Waals surface area contributed by atoms with Crippen molar-refractivity contribution in [2.45, 2.75) is 13.5 Å². The minimum Gasteiger partial charge on any atom is -0.491 e. The molecule has 1 aromatic heterocycles. The lowest BCUT2D eigenvalue weighted by atomic mass is 10.2. The number of carbonyl (C=O) groups is 1. The molecule has 0 fully saturated rings. The van der Waals surface area contributed by atoms with Gasteiger partial charge < -0.3 is 15.4 Å². The lowest BCUT2D eigenvalue weighted by Gasteiger charge is -2.19. The van der Waals surface area contributed by atoms with Crippen LogP contribution in [0.4, 0.5) is 5.13 Å². The Morgan fingerprint density at radius 1 is 1.45 bits per heavy atom. The molecule has 1 amide bonds. The molecule has 0 radical (unpaired) electrons. The highest BCUT2D eigenvalue weighted by Crippen LogP contribution is 2.26. The lowest BCUT2D eigenvalue weighted by molar-refractivity contribution is 0.0737. The summed E-state index contributed by atoms with van der Waals surface area (Å²) in [5.74, 6) is 0.820. The molecule has 20 heavy (non-hydrogen) atoms. The Hall–Kier alpha value is -2.08. The quantitative estimate of drug-likeness (QED) is 0.872. The molecule has 5 nitrogen and oxygen atoms in total. The highest BCUT2D eigenvalue weighted by Gasteiger charge is 2.24. The zero-order valence-electron chi connectivity index (χ0n) is 11.1. The maximum Gasteiger partial charge on any atom is 0.266 e. The standard InChI is InChI=1S/C14H15N3O2S/c1-9-12(20-14(15)16-9)13(18)17-6-7-19-11-5-3-2-4-10(11)8-17/h2-5H,6-8H2,1H3,(H2,15,16). The van der Waals surface area contributed by atoms with Crippen LogP contribution in [-0.2, 0) is 6.54 Å². The van der Waals surface area contributed by atoms with Crippen LogP contribution in [0.2, 0.25) is 0 Å². The number of nitrogens with zero attached hydrogens (tertiary/aromatic N) is 2. The van der Waals surface area contributed by atoms with Gasteiger partial charge >= 0.3 is 0 Å². The number of aryl methyl sites for hydroxylation is 1. The van der Waals surface area contributed by atoms with Crippen molar-refractivity contribution in [1.82, 2.24) is 9.88 Å². The smallest absolute Gasteiger partial charge is 0.266 e. The van der Waals surface area contributed by atoms with Gasteiger partial charge in [-0.25, -0.2) is 4.98 Å². The van der Waals surface area contributed by atoms with Gasteiger partial charge in [0.15, 0.2) is 5.13 Å². The largest absolute Gasteiger partial charge is 0.491 e. The third-order valence-electron chi connectivity index (χ3n) is 3.25. The van der Waals surface area contributed by atoms with E-state index in [2.05, 4.69) is 4.98 Å². The first kappa shape index (κ1) is 12.9. The molecule has 1 aromatic carbocycles. The van der Waals surface area contributed by atoms with Crippen LogP contribution < -0.4 is 10.5 Å². The average Bonchev–Trinajstić information content (AvgIpc) is 2.65. The summed E-state index contributed by atoms with van der Waals surface area (Å²) in [5.41, 5.74) is 7.38. The van der Waals surface area contributed by atoms with Crippen LogP contribution in [0.5, 0.6) is 5.75 Å². The molecule has 0 unspecified atom stereocenters. The zero-order chi connectivity index (χ0) is 14.1. The number of amides is 1. The summed E-state index contributed by atoms with van der Waals surface area (Å²) in [7, 11) is 0. The van der Waals surface area contributed by atoms with Crippen molar-refractivity contribution in [2.75, 3.05) is 18.9 Å². The van der Waals surface area contributed by atoms with Gasteiger partial charge in [0.2, 0.25) is 0 Å². The van der Waals surface area contributed by atoms with E-state index < -0.39 is 0 Å². The number of fused-ring (bicyclic) bond motifs is 1. The third kappa shape index (κ3) is 2.34. The summed E-state index contributed by atoms with van der Waals surface area (Å²) in [4.78, 5) is 19.1. The molecule has 2 N–H and O–H groups in total. The molecule has 0 bridgehead atoms. The summed E-state index contributed by atoms with van der Waals surface area (Å²) >= 11 is 1.24. The summed E-state index contributed by atoms with van der Waals surface area (Å²) < 4.78 is 5.67. The van der Waals surface area contributed by atoms with Crippen LogP contribution in [0.3, 0.4) is 0 Å². The maximum absolute atomic E-state index is 12.6. The number of carbonyl (C=O) groups excluding carboxylic acids is 1.